The summed E-state index contributed by atoms with van der Waals surface area (Å²) in [6.07, 6.45) is 24.1. The molecule has 3 fully saturated rings. The van der Waals surface area contributed by atoms with E-state index in [0.29, 0.717) is 0 Å². The summed E-state index contributed by atoms with van der Waals surface area (Å²) in [6, 6.07) is 0.721. The van der Waals surface area contributed by atoms with E-state index in [4.69, 9.17) is 4.74 Å². The Morgan fingerprint density at radius 3 is 2.14 bits per heavy atom. The first-order valence-corrected chi connectivity index (χ1v) is 7.59. The van der Waals surface area contributed by atoms with Gasteiger partial charge in [-0.2, -0.15) is 0 Å². The van der Waals surface area contributed by atoms with Crippen molar-refractivity contribution in [2.45, 2.75) is 38.1 Å². The summed E-state index contributed by atoms with van der Waals surface area (Å²) in [5.41, 5.74) is 0. The van der Waals surface area contributed by atoms with Crippen molar-refractivity contribution in [2.24, 2.45) is 0 Å². The predicted octanol–water partition coefficient (Wildman–Crippen LogP) is 3.31. The number of nitrogens with one attached hydrogen (secondary N) is 1. The summed E-state index contributed by atoms with van der Waals surface area (Å²) in [5.74, 6) is 1.28. The summed E-state index contributed by atoms with van der Waals surface area (Å²) in [6.45, 7) is 0.945. The van der Waals surface area contributed by atoms with Gasteiger partial charge in [0.05, 0.1) is 0 Å². The summed E-state index contributed by atoms with van der Waals surface area (Å²) in [4.78, 5) is 0. The van der Waals surface area contributed by atoms with E-state index in [1.54, 1.807) is 7.11 Å². The van der Waals surface area contributed by atoms with Crippen LogP contribution >= 0.6 is 0 Å². The van der Waals surface area contributed by atoms with Crippen LogP contribution in [0.25, 0.3) is 0 Å². The summed E-state index contributed by atoms with van der Waals surface area (Å²) in [7, 11) is 1.74. The van der Waals surface area contributed by atoms with Crippen LogP contribution < -0.4 is 5.32 Å². The first-order chi connectivity index (χ1) is 9.90. The molecule has 2 nitrogen and oxygen atoms in total. The van der Waals surface area contributed by atoms with E-state index in [2.05, 4.69) is 18.2 Å². The number of hydrogen-bond donors (Lipinski definition) is 1. The Balaban J connectivity index is 0.000000313. The van der Waals surface area contributed by atoms with Crippen molar-refractivity contribution in [3.8, 4) is 0 Å². The van der Waals surface area contributed by atoms with Gasteiger partial charge in [0.2, 0.25) is 0 Å². The molecule has 0 aromatic carbocycles. The topological polar surface area (TPSA) is 21.3 Å². The van der Waals surface area contributed by atoms with E-state index in [-0.39, 0.29) is 17.1 Å². The second-order valence-electron chi connectivity index (χ2n) is 5.30. The van der Waals surface area contributed by atoms with Crippen LogP contribution in [-0.2, 0) is 21.8 Å². The smallest absolute Gasteiger partial charge is 0.374 e. The van der Waals surface area contributed by atoms with Crippen LogP contribution in [-0.4, -0.2) is 19.7 Å². The Hall–Kier alpha value is 0.439. The van der Waals surface area contributed by atoms with Gasteiger partial charge in [0.15, 0.2) is 0 Å². The fraction of sp³-hybridized carbons (Fsp3) is 0.444. The van der Waals surface area contributed by atoms with Crippen LogP contribution in [0.1, 0.15) is 32.1 Å². The monoisotopic (exact) mass is 327 g/mol. The maximum atomic E-state index is 5.29. The van der Waals surface area contributed by atoms with Crippen molar-refractivity contribution in [1.29, 1.82) is 0 Å². The Kier molecular flexibility index (Phi) is 11.1. The molecule has 0 aromatic rings. The molecule has 0 atom stereocenters. The second kappa shape index (κ2) is 11.9. The molecule has 0 unspecified atom stereocenters. The SMILES string of the molecule is CO[C]1[CH][CH][CH][C]1CNC1CCCCC1.[CH]1[CH][CH][CH][CH]1.[Fe+2]. The van der Waals surface area contributed by atoms with E-state index in [0.717, 1.165) is 18.7 Å². The molecule has 114 valence electrons. The third-order valence-electron chi connectivity index (χ3n) is 3.82. The maximum absolute atomic E-state index is 5.29. The minimum Gasteiger partial charge on any atom is -0.374 e. The average Bonchev–Trinajstić information content (AvgIpc) is 3.20. The van der Waals surface area contributed by atoms with Crippen LogP contribution in [0.2, 0.25) is 0 Å². The normalized spacial score (nSPS) is 24.4. The second-order valence-corrected chi connectivity index (χ2v) is 5.30. The molecular formula is C18H25FeNO+2. The van der Waals surface area contributed by atoms with Crippen molar-refractivity contribution in [3.63, 3.8) is 0 Å². The summed E-state index contributed by atoms with van der Waals surface area (Å²) in [5, 5.41) is 3.62. The standard InChI is InChI=1S/C13H20NO.C5H5.Fe/c1-15-13-9-5-6-11(13)10-14-12-7-3-2-4-8-12;1-2-4-5-3-1;/h5-6,9,12,14H,2-4,7-8,10H2,1H3;1-5H;/q;;+2. The molecule has 3 rings (SSSR count). The van der Waals surface area contributed by atoms with Crippen molar-refractivity contribution in [1.82, 2.24) is 5.32 Å². The molecule has 10 radical (unpaired) electrons. The third kappa shape index (κ3) is 7.50. The zero-order valence-corrected chi connectivity index (χ0v) is 13.8. The summed E-state index contributed by atoms with van der Waals surface area (Å²) < 4.78 is 5.29. The van der Waals surface area contributed by atoms with Gasteiger partial charge in [0.25, 0.3) is 0 Å². The number of hydrogen-bond acceptors (Lipinski definition) is 2. The molecular weight excluding hydrogens is 302 g/mol. The molecule has 0 heterocycles. The predicted molar refractivity (Wildman–Crippen MR) is 82.8 cm³/mol. The minimum atomic E-state index is 0. The van der Waals surface area contributed by atoms with Gasteiger partial charge >= 0.3 is 17.1 Å². The molecule has 3 aliphatic rings. The van der Waals surface area contributed by atoms with E-state index >= 15 is 0 Å². The Morgan fingerprint density at radius 1 is 0.952 bits per heavy atom. The van der Waals surface area contributed by atoms with E-state index in [9.17, 15) is 0 Å². The largest absolute Gasteiger partial charge is 2.00 e. The van der Waals surface area contributed by atoms with Crippen LogP contribution in [0, 0.1) is 63.4 Å². The van der Waals surface area contributed by atoms with E-state index < -0.39 is 0 Å². The molecule has 3 heteroatoms. The molecule has 21 heavy (non-hydrogen) atoms. The first kappa shape index (κ1) is 19.5. The molecule has 0 aromatic heterocycles. The van der Waals surface area contributed by atoms with Gasteiger partial charge in [-0.1, -0.05) is 19.3 Å². The minimum absolute atomic E-state index is 0. The fourth-order valence-corrected chi connectivity index (χ4v) is 2.67. The number of rotatable bonds is 4. The zero-order chi connectivity index (χ0) is 14.0. The van der Waals surface area contributed by atoms with Gasteiger partial charge in [-0.3, -0.25) is 0 Å². The van der Waals surface area contributed by atoms with Gasteiger partial charge in [-0.05, 0) is 57.8 Å². The van der Waals surface area contributed by atoms with Crippen molar-refractivity contribution >= 4 is 0 Å². The first-order valence-electron chi connectivity index (χ1n) is 7.59. The number of methoxy groups -OCH3 is 1. The Morgan fingerprint density at radius 2 is 1.57 bits per heavy atom. The van der Waals surface area contributed by atoms with Gasteiger partial charge in [0.1, 0.15) is 6.10 Å². The van der Waals surface area contributed by atoms with Gasteiger partial charge in [-0.25, -0.2) is 0 Å². The molecule has 3 aliphatic carbocycles. The van der Waals surface area contributed by atoms with Crippen LogP contribution in [0.15, 0.2) is 0 Å². The van der Waals surface area contributed by atoms with Crippen LogP contribution in [0.4, 0.5) is 0 Å². The zero-order valence-electron chi connectivity index (χ0n) is 12.7. The molecule has 0 amide bonds. The van der Waals surface area contributed by atoms with Crippen LogP contribution in [0.3, 0.4) is 0 Å². The van der Waals surface area contributed by atoms with Crippen molar-refractivity contribution < 1.29 is 21.8 Å². The molecule has 0 aliphatic heterocycles. The van der Waals surface area contributed by atoms with Gasteiger partial charge in [-0.15, -0.1) is 0 Å². The van der Waals surface area contributed by atoms with Gasteiger partial charge < -0.3 is 10.1 Å². The van der Waals surface area contributed by atoms with Crippen molar-refractivity contribution in [3.05, 3.63) is 63.4 Å². The molecule has 1 N–H and O–H groups in total. The molecule has 0 saturated heterocycles. The Bertz CT molecular complexity index is 232. The number of ether oxygens (including phenoxy) is 1. The molecule has 3 saturated carbocycles. The third-order valence-corrected chi connectivity index (χ3v) is 3.82. The van der Waals surface area contributed by atoms with E-state index in [1.165, 1.54) is 38.0 Å². The fourth-order valence-electron chi connectivity index (χ4n) is 2.67. The maximum Gasteiger partial charge on any atom is 2.00 e. The average molecular weight is 327 g/mol. The Labute approximate surface area is 142 Å². The quantitative estimate of drug-likeness (QED) is 0.800. The van der Waals surface area contributed by atoms with Crippen LogP contribution in [0.5, 0.6) is 0 Å². The van der Waals surface area contributed by atoms with Crippen molar-refractivity contribution in [2.75, 3.05) is 13.7 Å². The summed E-state index contributed by atoms with van der Waals surface area (Å²) >= 11 is 0. The molecule has 0 spiro atoms. The molecule has 0 bridgehead atoms. The van der Waals surface area contributed by atoms with E-state index in [1.807, 2.05) is 38.5 Å². The van der Waals surface area contributed by atoms with Gasteiger partial charge in [0, 0.05) is 32.0 Å².